The molecule has 1 unspecified atom stereocenters. The van der Waals surface area contributed by atoms with Gasteiger partial charge in [-0.05, 0) is 29.3 Å². The fourth-order valence-electron chi connectivity index (χ4n) is 0.989. The molecule has 0 saturated carbocycles. The van der Waals surface area contributed by atoms with Crippen molar-refractivity contribution >= 4 is 21.7 Å². The molecule has 0 bridgehead atoms. The number of anilines is 1. The van der Waals surface area contributed by atoms with E-state index >= 15 is 0 Å². The molecule has 0 fully saturated rings. The molecular weight excluding hydrogens is 246 g/mol. The van der Waals surface area contributed by atoms with E-state index in [0.29, 0.717) is 12.4 Å². The van der Waals surface area contributed by atoms with E-state index in [2.05, 4.69) is 31.2 Å². The molecule has 0 aliphatic carbocycles. The summed E-state index contributed by atoms with van der Waals surface area (Å²) in [5.74, 6) is 1.43. The van der Waals surface area contributed by atoms with Crippen molar-refractivity contribution in [3.05, 3.63) is 16.5 Å². The van der Waals surface area contributed by atoms with Gasteiger partial charge in [0.05, 0.1) is 6.10 Å². The summed E-state index contributed by atoms with van der Waals surface area (Å²) in [7, 11) is 0. The van der Waals surface area contributed by atoms with Crippen molar-refractivity contribution in [3.8, 4) is 0 Å². The van der Waals surface area contributed by atoms with Gasteiger partial charge in [0.25, 0.3) is 0 Å². The Morgan fingerprint density at radius 3 is 2.86 bits per heavy atom. The highest BCUT2D eigenvalue weighted by Gasteiger charge is 2.02. The lowest BCUT2D eigenvalue weighted by molar-refractivity contribution is 0.183. The molecular formula is C9H14BrN3O. The lowest BCUT2D eigenvalue weighted by Crippen LogP contribution is -2.19. The Hall–Kier alpha value is -0.680. The number of aromatic nitrogens is 2. The number of aliphatic hydroxyl groups excluding tert-OH is 1. The molecule has 0 saturated heterocycles. The van der Waals surface area contributed by atoms with Crippen molar-refractivity contribution in [1.82, 2.24) is 9.97 Å². The highest BCUT2D eigenvalue weighted by molar-refractivity contribution is 9.10. The summed E-state index contributed by atoms with van der Waals surface area (Å²) >= 11 is 3.28. The van der Waals surface area contributed by atoms with Crippen LogP contribution in [-0.4, -0.2) is 27.7 Å². The van der Waals surface area contributed by atoms with Gasteiger partial charge in [0.1, 0.15) is 16.2 Å². The van der Waals surface area contributed by atoms with E-state index in [-0.39, 0.29) is 6.10 Å². The van der Waals surface area contributed by atoms with Gasteiger partial charge in [-0.2, -0.15) is 0 Å². The first-order chi connectivity index (χ1) is 6.61. The molecule has 1 heterocycles. The van der Waals surface area contributed by atoms with Crippen LogP contribution in [0.15, 0.2) is 10.7 Å². The number of hydrogen-bond donors (Lipinski definition) is 2. The Bertz CT molecular complexity index is 286. The van der Waals surface area contributed by atoms with Crippen LogP contribution in [-0.2, 0) is 0 Å². The number of aryl methyl sites for hydroxylation is 1. The molecule has 1 aromatic heterocycles. The summed E-state index contributed by atoms with van der Waals surface area (Å²) in [6.45, 7) is 4.28. The zero-order valence-electron chi connectivity index (χ0n) is 8.29. The maximum atomic E-state index is 9.34. The van der Waals surface area contributed by atoms with Gasteiger partial charge in [-0.3, -0.25) is 0 Å². The zero-order valence-corrected chi connectivity index (χ0v) is 9.87. The standard InChI is InChI=1S/C9H14BrN3O/c1-3-7(14)5-11-9-4-8(10)12-6(2)13-9/h4,7,14H,3,5H2,1-2H3,(H,11,12,13). The molecule has 2 N–H and O–H groups in total. The lowest BCUT2D eigenvalue weighted by atomic mass is 10.3. The minimum Gasteiger partial charge on any atom is -0.391 e. The Balaban J connectivity index is 2.58. The van der Waals surface area contributed by atoms with Crippen molar-refractivity contribution in [3.63, 3.8) is 0 Å². The highest BCUT2D eigenvalue weighted by atomic mass is 79.9. The van der Waals surface area contributed by atoms with Crippen LogP contribution in [0.1, 0.15) is 19.2 Å². The predicted octanol–water partition coefficient (Wildman–Crippen LogP) is 1.73. The molecule has 0 radical (unpaired) electrons. The SMILES string of the molecule is CCC(O)CNc1cc(Br)nc(C)n1. The fraction of sp³-hybridized carbons (Fsp3) is 0.556. The molecule has 1 rings (SSSR count). The monoisotopic (exact) mass is 259 g/mol. The number of nitrogens with zero attached hydrogens (tertiary/aromatic N) is 2. The third kappa shape index (κ3) is 3.59. The lowest BCUT2D eigenvalue weighted by Gasteiger charge is -2.10. The molecule has 78 valence electrons. The second-order valence-corrected chi connectivity index (χ2v) is 3.88. The predicted molar refractivity (Wildman–Crippen MR) is 59.3 cm³/mol. The summed E-state index contributed by atoms with van der Waals surface area (Å²) in [4.78, 5) is 8.26. The van der Waals surface area contributed by atoms with Crippen LogP contribution in [0.3, 0.4) is 0 Å². The van der Waals surface area contributed by atoms with E-state index in [4.69, 9.17) is 0 Å². The summed E-state index contributed by atoms with van der Waals surface area (Å²) < 4.78 is 0.749. The average molecular weight is 260 g/mol. The number of hydrogen-bond acceptors (Lipinski definition) is 4. The summed E-state index contributed by atoms with van der Waals surface area (Å²) in [5, 5.41) is 12.4. The second kappa shape index (κ2) is 5.26. The summed E-state index contributed by atoms with van der Waals surface area (Å²) in [5.41, 5.74) is 0. The Labute approximate surface area is 91.9 Å². The van der Waals surface area contributed by atoms with Gasteiger partial charge < -0.3 is 10.4 Å². The van der Waals surface area contributed by atoms with Crippen molar-refractivity contribution in [1.29, 1.82) is 0 Å². The largest absolute Gasteiger partial charge is 0.391 e. The molecule has 0 aliphatic heterocycles. The van der Waals surface area contributed by atoms with Gasteiger partial charge in [0, 0.05) is 12.6 Å². The Morgan fingerprint density at radius 2 is 2.29 bits per heavy atom. The molecule has 4 nitrogen and oxygen atoms in total. The maximum absolute atomic E-state index is 9.34. The van der Waals surface area contributed by atoms with E-state index in [1.54, 1.807) is 6.07 Å². The number of rotatable bonds is 4. The van der Waals surface area contributed by atoms with Crippen molar-refractivity contribution in [2.75, 3.05) is 11.9 Å². The second-order valence-electron chi connectivity index (χ2n) is 3.07. The topological polar surface area (TPSA) is 58.0 Å². The number of nitrogens with one attached hydrogen (secondary N) is 1. The van der Waals surface area contributed by atoms with E-state index in [1.807, 2.05) is 13.8 Å². The first-order valence-corrected chi connectivity index (χ1v) is 5.34. The van der Waals surface area contributed by atoms with Crippen LogP contribution in [0.5, 0.6) is 0 Å². The van der Waals surface area contributed by atoms with E-state index in [1.165, 1.54) is 0 Å². The van der Waals surface area contributed by atoms with Gasteiger partial charge in [-0.15, -0.1) is 0 Å². The van der Waals surface area contributed by atoms with Crippen molar-refractivity contribution in [2.24, 2.45) is 0 Å². The van der Waals surface area contributed by atoms with Crippen LogP contribution in [0, 0.1) is 6.92 Å². The van der Waals surface area contributed by atoms with Gasteiger partial charge in [0.15, 0.2) is 0 Å². The van der Waals surface area contributed by atoms with Crippen LogP contribution in [0.25, 0.3) is 0 Å². The molecule has 0 aliphatic rings. The summed E-state index contributed by atoms with van der Waals surface area (Å²) in [6, 6.07) is 1.79. The van der Waals surface area contributed by atoms with E-state index in [9.17, 15) is 5.11 Å². The van der Waals surface area contributed by atoms with Gasteiger partial charge >= 0.3 is 0 Å². The fourth-order valence-corrected chi connectivity index (χ4v) is 1.46. The van der Waals surface area contributed by atoms with Crippen LogP contribution < -0.4 is 5.32 Å². The van der Waals surface area contributed by atoms with Crippen LogP contribution in [0.4, 0.5) is 5.82 Å². The third-order valence-electron chi connectivity index (χ3n) is 1.80. The Kier molecular flexibility index (Phi) is 4.28. The molecule has 1 aromatic rings. The van der Waals surface area contributed by atoms with Crippen LogP contribution in [0.2, 0.25) is 0 Å². The number of aliphatic hydroxyl groups is 1. The van der Waals surface area contributed by atoms with E-state index in [0.717, 1.165) is 16.8 Å². The van der Waals surface area contributed by atoms with Gasteiger partial charge in [-0.1, -0.05) is 6.92 Å². The minimum absolute atomic E-state index is 0.330. The molecule has 1 atom stereocenters. The smallest absolute Gasteiger partial charge is 0.130 e. The third-order valence-corrected chi connectivity index (χ3v) is 2.20. The van der Waals surface area contributed by atoms with Gasteiger partial charge in [-0.25, -0.2) is 9.97 Å². The highest BCUT2D eigenvalue weighted by Crippen LogP contribution is 2.11. The first kappa shape index (κ1) is 11.4. The maximum Gasteiger partial charge on any atom is 0.130 e. The molecule has 0 spiro atoms. The zero-order chi connectivity index (χ0) is 10.6. The molecule has 0 aromatic carbocycles. The normalized spacial score (nSPS) is 12.6. The minimum atomic E-state index is -0.330. The molecule has 5 heteroatoms. The van der Waals surface area contributed by atoms with E-state index < -0.39 is 0 Å². The number of halogens is 1. The van der Waals surface area contributed by atoms with Gasteiger partial charge in [0.2, 0.25) is 0 Å². The first-order valence-electron chi connectivity index (χ1n) is 4.55. The summed E-state index contributed by atoms with van der Waals surface area (Å²) in [6.07, 6.45) is 0.405. The van der Waals surface area contributed by atoms with Crippen LogP contribution >= 0.6 is 15.9 Å². The molecule has 0 amide bonds. The molecule has 14 heavy (non-hydrogen) atoms. The van der Waals surface area contributed by atoms with Crippen molar-refractivity contribution in [2.45, 2.75) is 26.4 Å². The average Bonchev–Trinajstić information content (AvgIpc) is 2.12. The Morgan fingerprint density at radius 1 is 1.57 bits per heavy atom. The quantitative estimate of drug-likeness (QED) is 0.809. The van der Waals surface area contributed by atoms with Crippen molar-refractivity contribution < 1.29 is 5.11 Å².